The molecule has 96 valence electrons. The maximum atomic E-state index is 11.5. The first kappa shape index (κ1) is 13.0. The fourth-order valence-corrected chi connectivity index (χ4v) is 2.59. The SMILES string of the molecule is Cc1cnc(=O)n(CCNCc2sccc2C)c1. The van der Waals surface area contributed by atoms with Crippen LogP contribution in [0.3, 0.4) is 0 Å². The van der Waals surface area contributed by atoms with Crippen molar-refractivity contribution in [2.24, 2.45) is 0 Å². The number of hydrogen-bond donors (Lipinski definition) is 1. The highest BCUT2D eigenvalue weighted by atomic mass is 32.1. The van der Waals surface area contributed by atoms with Crippen molar-refractivity contribution in [3.05, 3.63) is 50.3 Å². The molecule has 0 unspecified atom stereocenters. The lowest BCUT2D eigenvalue weighted by Crippen LogP contribution is -2.28. The van der Waals surface area contributed by atoms with Crippen molar-refractivity contribution in [3.8, 4) is 0 Å². The van der Waals surface area contributed by atoms with Gasteiger partial charge in [-0.25, -0.2) is 9.78 Å². The number of thiophene rings is 1. The van der Waals surface area contributed by atoms with Crippen molar-refractivity contribution in [3.63, 3.8) is 0 Å². The molecule has 0 atom stereocenters. The summed E-state index contributed by atoms with van der Waals surface area (Å²) in [6.45, 7) is 6.33. The normalized spacial score (nSPS) is 10.8. The van der Waals surface area contributed by atoms with E-state index in [1.807, 2.05) is 13.1 Å². The summed E-state index contributed by atoms with van der Waals surface area (Å²) in [5.74, 6) is 0. The summed E-state index contributed by atoms with van der Waals surface area (Å²) in [5, 5.41) is 5.45. The van der Waals surface area contributed by atoms with Crippen LogP contribution in [0, 0.1) is 13.8 Å². The zero-order valence-electron chi connectivity index (χ0n) is 10.6. The molecule has 18 heavy (non-hydrogen) atoms. The van der Waals surface area contributed by atoms with Gasteiger partial charge >= 0.3 is 5.69 Å². The predicted molar refractivity (Wildman–Crippen MR) is 74.0 cm³/mol. The van der Waals surface area contributed by atoms with Gasteiger partial charge in [-0.1, -0.05) is 0 Å². The van der Waals surface area contributed by atoms with E-state index in [2.05, 4.69) is 28.7 Å². The number of aryl methyl sites for hydroxylation is 2. The zero-order chi connectivity index (χ0) is 13.0. The second-order valence-corrected chi connectivity index (χ2v) is 5.31. The Morgan fingerprint density at radius 2 is 2.28 bits per heavy atom. The first-order valence-corrected chi connectivity index (χ1v) is 6.81. The van der Waals surface area contributed by atoms with E-state index in [0.29, 0.717) is 6.54 Å². The molecule has 2 rings (SSSR count). The van der Waals surface area contributed by atoms with Crippen LogP contribution in [0.5, 0.6) is 0 Å². The minimum atomic E-state index is -0.185. The van der Waals surface area contributed by atoms with Crippen LogP contribution in [0.15, 0.2) is 28.6 Å². The second-order valence-electron chi connectivity index (χ2n) is 4.31. The Bertz CT molecular complexity index is 574. The summed E-state index contributed by atoms with van der Waals surface area (Å²) in [6, 6.07) is 2.12. The number of hydrogen-bond acceptors (Lipinski definition) is 4. The molecular formula is C13H17N3OS. The maximum Gasteiger partial charge on any atom is 0.347 e. The number of rotatable bonds is 5. The Kier molecular flexibility index (Phi) is 4.28. The summed E-state index contributed by atoms with van der Waals surface area (Å²) in [7, 11) is 0. The van der Waals surface area contributed by atoms with Crippen LogP contribution in [0.2, 0.25) is 0 Å². The Labute approximate surface area is 110 Å². The van der Waals surface area contributed by atoms with E-state index in [4.69, 9.17) is 0 Å². The third kappa shape index (κ3) is 3.27. The molecule has 2 aromatic heterocycles. The van der Waals surface area contributed by atoms with Crippen LogP contribution in [0.25, 0.3) is 0 Å². The minimum absolute atomic E-state index is 0.185. The number of nitrogens with one attached hydrogen (secondary N) is 1. The summed E-state index contributed by atoms with van der Waals surface area (Å²) < 4.78 is 1.64. The lowest BCUT2D eigenvalue weighted by Gasteiger charge is -2.07. The molecule has 2 heterocycles. The number of nitrogens with zero attached hydrogens (tertiary/aromatic N) is 2. The van der Waals surface area contributed by atoms with Crippen molar-refractivity contribution in [1.29, 1.82) is 0 Å². The molecular weight excluding hydrogens is 246 g/mol. The van der Waals surface area contributed by atoms with Crippen LogP contribution < -0.4 is 11.0 Å². The average Bonchev–Trinajstić information content (AvgIpc) is 2.75. The van der Waals surface area contributed by atoms with Crippen LogP contribution in [0.1, 0.15) is 16.0 Å². The second kappa shape index (κ2) is 5.93. The molecule has 0 saturated heterocycles. The molecule has 0 aliphatic carbocycles. The Morgan fingerprint density at radius 3 is 3.00 bits per heavy atom. The first-order valence-electron chi connectivity index (χ1n) is 5.93. The van der Waals surface area contributed by atoms with Crippen molar-refractivity contribution in [2.75, 3.05) is 6.54 Å². The standard InChI is InChI=1S/C13H17N3OS/c1-10-7-15-13(17)16(9-10)5-4-14-8-12-11(2)3-6-18-12/h3,6-7,9,14H,4-5,8H2,1-2H3. The van der Waals surface area contributed by atoms with E-state index in [1.54, 1.807) is 22.1 Å². The predicted octanol–water partition coefficient (Wildman–Crippen LogP) is 1.71. The van der Waals surface area contributed by atoms with Gasteiger partial charge in [0.1, 0.15) is 0 Å². The molecule has 5 heteroatoms. The summed E-state index contributed by atoms with van der Waals surface area (Å²) in [4.78, 5) is 16.6. The molecule has 0 amide bonds. The van der Waals surface area contributed by atoms with E-state index in [1.165, 1.54) is 10.4 Å². The number of aromatic nitrogens is 2. The van der Waals surface area contributed by atoms with Gasteiger partial charge in [0.05, 0.1) is 0 Å². The van der Waals surface area contributed by atoms with Gasteiger partial charge in [-0.3, -0.25) is 4.57 Å². The largest absolute Gasteiger partial charge is 0.347 e. The molecule has 0 bridgehead atoms. The van der Waals surface area contributed by atoms with E-state index in [-0.39, 0.29) is 5.69 Å². The van der Waals surface area contributed by atoms with Gasteiger partial charge in [0, 0.05) is 36.9 Å². The summed E-state index contributed by atoms with van der Waals surface area (Å²) in [6.07, 6.45) is 3.44. The van der Waals surface area contributed by atoms with Crippen LogP contribution in [0.4, 0.5) is 0 Å². The van der Waals surface area contributed by atoms with Gasteiger partial charge in [0.25, 0.3) is 0 Å². The van der Waals surface area contributed by atoms with E-state index in [9.17, 15) is 4.79 Å². The van der Waals surface area contributed by atoms with Gasteiger partial charge in [-0.15, -0.1) is 11.3 Å². The maximum absolute atomic E-state index is 11.5. The molecule has 1 N–H and O–H groups in total. The monoisotopic (exact) mass is 263 g/mol. The molecule has 0 aromatic carbocycles. The lowest BCUT2D eigenvalue weighted by molar-refractivity contribution is 0.576. The van der Waals surface area contributed by atoms with Gasteiger partial charge in [0.15, 0.2) is 0 Å². The van der Waals surface area contributed by atoms with E-state index in [0.717, 1.165) is 18.7 Å². The van der Waals surface area contributed by atoms with Crippen molar-refractivity contribution >= 4 is 11.3 Å². The smallest absolute Gasteiger partial charge is 0.310 e. The molecule has 0 aliphatic rings. The molecule has 0 aliphatic heterocycles. The van der Waals surface area contributed by atoms with E-state index < -0.39 is 0 Å². The topological polar surface area (TPSA) is 46.9 Å². The average molecular weight is 263 g/mol. The highest BCUT2D eigenvalue weighted by Gasteiger charge is 2.00. The Hall–Kier alpha value is -1.46. The zero-order valence-corrected chi connectivity index (χ0v) is 11.5. The van der Waals surface area contributed by atoms with Gasteiger partial charge in [0.2, 0.25) is 0 Å². The molecule has 0 saturated carbocycles. The van der Waals surface area contributed by atoms with Crippen molar-refractivity contribution in [2.45, 2.75) is 26.9 Å². The highest BCUT2D eigenvalue weighted by Crippen LogP contribution is 2.14. The lowest BCUT2D eigenvalue weighted by atomic mass is 10.3. The van der Waals surface area contributed by atoms with Crippen molar-refractivity contribution < 1.29 is 0 Å². The van der Waals surface area contributed by atoms with Crippen LogP contribution in [-0.4, -0.2) is 16.1 Å². The quantitative estimate of drug-likeness (QED) is 0.835. The third-order valence-corrected chi connectivity index (χ3v) is 3.79. The molecule has 0 spiro atoms. The molecule has 0 radical (unpaired) electrons. The summed E-state index contributed by atoms with van der Waals surface area (Å²) >= 11 is 1.76. The fraction of sp³-hybridized carbons (Fsp3) is 0.385. The van der Waals surface area contributed by atoms with Gasteiger partial charge < -0.3 is 5.32 Å². The van der Waals surface area contributed by atoms with Gasteiger partial charge in [-0.05, 0) is 36.4 Å². The summed E-state index contributed by atoms with van der Waals surface area (Å²) in [5.41, 5.74) is 2.14. The highest BCUT2D eigenvalue weighted by molar-refractivity contribution is 7.10. The van der Waals surface area contributed by atoms with Crippen LogP contribution >= 0.6 is 11.3 Å². The fourth-order valence-electron chi connectivity index (χ4n) is 1.71. The minimum Gasteiger partial charge on any atom is -0.310 e. The molecule has 0 fully saturated rings. The van der Waals surface area contributed by atoms with Gasteiger partial charge in [-0.2, -0.15) is 0 Å². The third-order valence-electron chi connectivity index (χ3n) is 2.77. The molecule has 2 aromatic rings. The Balaban J connectivity index is 1.84. The van der Waals surface area contributed by atoms with Crippen LogP contribution in [-0.2, 0) is 13.1 Å². The first-order chi connectivity index (χ1) is 8.66. The van der Waals surface area contributed by atoms with E-state index >= 15 is 0 Å². The Morgan fingerprint density at radius 1 is 1.44 bits per heavy atom. The molecule has 4 nitrogen and oxygen atoms in total. The van der Waals surface area contributed by atoms with Crippen molar-refractivity contribution in [1.82, 2.24) is 14.9 Å².